The number of anilines is 1. The van der Waals surface area contributed by atoms with Gasteiger partial charge >= 0.3 is 5.97 Å². The van der Waals surface area contributed by atoms with Crippen LogP contribution >= 0.6 is 22.9 Å². The number of carboxylic acids is 1. The number of benzene rings is 1. The highest BCUT2D eigenvalue weighted by molar-refractivity contribution is 7.92. The summed E-state index contributed by atoms with van der Waals surface area (Å²) in [6.07, 6.45) is 0. The smallest absolute Gasteiger partial charge is 0.348 e. The molecule has 106 valence electrons. The van der Waals surface area contributed by atoms with E-state index in [0.717, 1.165) is 23.5 Å². The van der Waals surface area contributed by atoms with Crippen LogP contribution in [0.2, 0.25) is 5.02 Å². The van der Waals surface area contributed by atoms with Crippen molar-refractivity contribution in [3.8, 4) is 0 Å². The molecule has 20 heavy (non-hydrogen) atoms. The molecule has 0 atom stereocenters. The highest BCUT2D eigenvalue weighted by Crippen LogP contribution is 2.26. The maximum Gasteiger partial charge on any atom is 0.348 e. The van der Waals surface area contributed by atoms with Crippen LogP contribution in [-0.2, 0) is 10.0 Å². The van der Waals surface area contributed by atoms with Gasteiger partial charge in [0.05, 0.1) is 5.69 Å². The van der Waals surface area contributed by atoms with E-state index >= 15 is 0 Å². The Kier molecular flexibility index (Phi) is 3.98. The van der Waals surface area contributed by atoms with Gasteiger partial charge in [0, 0.05) is 5.02 Å². The van der Waals surface area contributed by atoms with Crippen LogP contribution in [0.3, 0.4) is 0 Å². The quantitative estimate of drug-likeness (QED) is 0.899. The molecule has 0 saturated heterocycles. The predicted molar refractivity (Wildman–Crippen MR) is 73.5 cm³/mol. The van der Waals surface area contributed by atoms with Crippen molar-refractivity contribution >= 4 is 44.6 Å². The second kappa shape index (κ2) is 5.39. The molecule has 0 aliphatic heterocycles. The van der Waals surface area contributed by atoms with E-state index < -0.39 is 26.7 Å². The van der Waals surface area contributed by atoms with Crippen molar-refractivity contribution in [3.63, 3.8) is 0 Å². The van der Waals surface area contributed by atoms with E-state index in [9.17, 15) is 17.6 Å². The van der Waals surface area contributed by atoms with Crippen molar-refractivity contribution in [3.05, 3.63) is 45.4 Å². The summed E-state index contributed by atoms with van der Waals surface area (Å²) in [5, 5.41) is 10.4. The van der Waals surface area contributed by atoms with Crippen molar-refractivity contribution in [2.75, 3.05) is 4.72 Å². The number of carboxylic acid groups (broad SMARTS) is 1. The summed E-state index contributed by atoms with van der Waals surface area (Å²) in [5.41, 5.74) is -0.114. The van der Waals surface area contributed by atoms with Gasteiger partial charge in [0.15, 0.2) is 0 Å². The van der Waals surface area contributed by atoms with Gasteiger partial charge in [-0.2, -0.15) is 0 Å². The fraction of sp³-hybridized carbons (Fsp3) is 0. The molecule has 9 heteroatoms. The number of carbonyl (C=O) groups is 1. The normalized spacial score (nSPS) is 11.3. The average Bonchev–Trinajstić information content (AvgIpc) is 2.75. The standard InChI is InChI=1S/C11H7ClFNO4S2/c12-6-1-2-9(7(13)5-6)20(17,18)14-8-3-4-19-10(8)11(15)16/h1-5,14H,(H,15,16). The lowest BCUT2D eigenvalue weighted by atomic mass is 10.3. The first-order valence-electron chi connectivity index (χ1n) is 5.10. The second-order valence-corrected chi connectivity index (χ2v) is 6.65. The summed E-state index contributed by atoms with van der Waals surface area (Å²) in [7, 11) is -4.23. The first-order chi connectivity index (χ1) is 9.31. The first-order valence-corrected chi connectivity index (χ1v) is 7.84. The minimum Gasteiger partial charge on any atom is -0.477 e. The molecular weight excluding hydrogens is 329 g/mol. The van der Waals surface area contributed by atoms with Crippen LogP contribution in [0.5, 0.6) is 0 Å². The molecular formula is C11H7ClFNO4S2. The minimum absolute atomic E-state index is 0.0585. The van der Waals surface area contributed by atoms with E-state index in [1.54, 1.807) is 0 Å². The van der Waals surface area contributed by atoms with Crippen molar-refractivity contribution in [1.29, 1.82) is 0 Å². The van der Waals surface area contributed by atoms with Crippen LogP contribution in [0, 0.1) is 5.82 Å². The highest BCUT2D eigenvalue weighted by atomic mass is 35.5. The number of aromatic carboxylic acids is 1. The van der Waals surface area contributed by atoms with Crippen LogP contribution in [-0.4, -0.2) is 19.5 Å². The number of hydrogen-bond acceptors (Lipinski definition) is 4. The summed E-state index contributed by atoms with van der Waals surface area (Å²) in [6, 6.07) is 4.39. The Hall–Kier alpha value is -1.64. The Morgan fingerprint density at radius 1 is 1.35 bits per heavy atom. The molecule has 1 aromatic heterocycles. The van der Waals surface area contributed by atoms with Crippen molar-refractivity contribution in [1.82, 2.24) is 0 Å². The molecule has 0 saturated carbocycles. The SMILES string of the molecule is O=C(O)c1sccc1NS(=O)(=O)c1ccc(Cl)cc1F. The van der Waals surface area contributed by atoms with E-state index in [1.807, 2.05) is 4.72 Å². The van der Waals surface area contributed by atoms with Crippen molar-refractivity contribution in [2.24, 2.45) is 0 Å². The third kappa shape index (κ3) is 2.92. The first kappa shape index (κ1) is 14.8. The number of hydrogen-bond donors (Lipinski definition) is 2. The average molecular weight is 336 g/mol. The predicted octanol–water partition coefficient (Wildman–Crippen LogP) is 3.04. The summed E-state index contributed by atoms with van der Waals surface area (Å²) >= 11 is 6.40. The zero-order chi connectivity index (χ0) is 14.9. The molecule has 2 aromatic rings. The van der Waals surface area contributed by atoms with Crippen LogP contribution in [0.1, 0.15) is 9.67 Å². The molecule has 0 radical (unpaired) electrons. The lowest BCUT2D eigenvalue weighted by Gasteiger charge is -2.08. The van der Waals surface area contributed by atoms with E-state index in [1.165, 1.54) is 17.5 Å². The molecule has 0 unspecified atom stereocenters. The van der Waals surface area contributed by atoms with Gasteiger partial charge in [-0.05, 0) is 29.6 Å². The van der Waals surface area contributed by atoms with Crippen molar-refractivity contribution < 1.29 is 22.7 Å². The summed E-state index contributed by atoms with van der Waals surface area (Å²) in [4.78, 5) is 10.1. The number of thiophene rings is 1. The molecule has 2 rings (SSSR count). The largest absolute Gasteiger partial charge is 0.477 e. The maximum atomic E-state index is 13.6. The summed E-state index contributed by atoms with van der Waals surface area (Å²) < 4.78 is 39.7. The molecule has 0 spiro atoms. The third-order valence-corrected chi connectivity index (χ3v) is 4.82. The lowest BCUT2D eigenvalue weighted by Crippen LogP contribution is -2.15. The zero-order valence-corrected chi connectivity index (χ0v) is 12.0. The maximum absolute atomic E-state index is 13.6. The number of sulfonamides is 1. The molecule has 1 heterocycles. The molecule has 5 nitrogen and oxygen atoms in total. The topological polar surface area (TPSA) is 83.5 Å². The second-order valence-electron chi connectivity index (χ2n) is 3.65. The van der Waals surface area contributed by atoms with Crippen LogP contribution in [0.15, 0.2) is 34.5 Å². The van der Waals surface area contributed by atoms with Gasteiger partial charge in [0.2, 0.25) is 0 Å². The van der Waals surface area contributed by atoms with E-state index in [0.29, 0.717) is 0 Å². The lowest BCUT2D eigenvalue weighted by molar-refractivity contribution is 0.0703. The molecule has 0 amide bonds. The van der Waals surface area contributed by atoms with Crippen LogP contribution < -0.4 is 4.72 Å². The van der Waals surface area contributed by atoms with E-state index in [4.69, 9.17) is 16.7 Å². The number of nitrogens with one attached hydrogen (secondary N) is 1. The Balaban J connectivity index is 2.41. The molecule has 0 fully saturated rings. The van der Waals surface area contributed by atoms with Gasteiger partial charge in [-0.15, -0.1) is 11.3 Å². The van der Waals surface area contributed by atoms with Crippen molar-refractivity contribution in [2.45, 2.75) is 4.90 Å². The molecule has 0 aliphatic carbocycles. The van der Waals surface area contributed by atoms with Gasteiger partial charge in [0.25, 0.3) is 10.0 Å². The fourth-order valence-electron chi connectivity index (χ4n) is 1.45. The van der Waals surface area contributed by atoms with E-state index in [2.05, 4.69) is 0 Å². The monoisotopic (exact) mass is 335 g/mol. The highest BCUT2D eigenvalue weighted by Gasteiger charge is 2.22. The Labute approximate surface area is 122 Å². The number of halogens is 2. The van der Waals surface area contributed by atoms with Crippen LogP contribution in [0.4, 0.5) is 10.1 Å². The van der Waals surface area contributed by atoms with Gasteiger partial charge < -0.3 is 5.11 Å². The zero-order valence-electron chi connectivity index (χ0n) is 9.63. The number of rotatable bonds is 4. The Morgan fingerprint density at radius 2 is 2.05 bits per heavy atom. The molecule has 1 aromatic carbocycles. The Morgan fingerprint density at radius 3 is 2.65 bits per heavy atom. The van der Waals surface area contributed by atoms with Gasteiger partial charge in [-0.3, -0.25) is 4.72 Å². The molecule has 0 aliphatic rings. The van der Waals surface area contributed by atoms with Gasteiger partial charge in [-0.1, -0.05) is 11.6 Å². The summed E-state index contributed by atoms with van der Waals surface area (Å²) in [5.74, 6) is -2.29. The minimum atomic E-state index is -4.23. The molecule has 0 bridgehead atoms. The molecule has 2 N–H and O–H groups in total. The summed E-state index contributed by atoms with van der Waals surface area (Å²) in [6.45, 7) is 0. The van der Waals surface area contributed by atoms with Crippen LogP contribution in [0.25, 0.3) is 0 Å². The van der Waals surface area contributed by atoms with Gasteiger partial charge in [0.1, 0.15) is 15.6 Å². The Bertz CT molecular complexity index is 772. The van der Waals surface area contributed by atoms with Gasteiger partial charge in [-0.25, -0.2) is 17.6 Å². The fourth-order valence-corrected chi connectivity index (χ4v) is 3.49. The third-order valence-electron chi connectivity index (χ3n) is 2.29. The van der Waals surface area contributed by atoms with E-state index in [-0.39, 0.29) is 15.6 Å².